The number of nitrogens with zero attached hydrogens (tertiary/aromatic N) is 1. The van der Waals surface area contributed by atoms with Gasteiger partial charge in [-0.1, -0.05) is 12.1 Å². The molecular formula is C15H17FN2OS. The van der Waals surface area contributed by atoms with Gasteiger partial charge in [0.2, 0.25) is 5.91 Å². The summed E-state index contributed by atoms with van der Waals surface area (Å²) in [7, 11) is 1.88. The van der Waals surface area contributed by atoms with E-state index in [9.17, 15) is 9.18 Å². The van der Waals surface area contributed by atoms with Crippen molar-refractivity contribution in [3.63, 3.8) is 0 Å². The third-order valence-electron chi connectivity index (χ3n) is 2.87. The smallest absolute Gasteiger partial charge is 0.238 e. The second-order valence-electron chi connectivity index (χ2n) is 4.76. The van der Waals surface area contributed by atoms with Crippen molar-refractivity contribution < 1.29 is 9.18 Å². The Labute approximate surface area is 122 Å². The number of benzene rings is 1. The topological polar surface area (TPSA) is 32.3 Å². The number of amides is 1. The summed E-state index contributed by atoms with van der Waals surface area (Å²) in [5.41, 5.74) is 1.06. The van der Waals surface area contributed by atoms with E-state index < -0.39 is 0 Å². The maximum atomic E-state index is 13.4. The number of thiophene rings is 1. The molecule has 0 spiro atoms. The van der Waals surface area contributed by atoms with Crippen molar-refractivity contribution in [3.05, 3.63) is 52.0 Å². The number of hydrogen-bond acceptors (Lipinski definition) is 3. The minimum Gasteiger partial charge on any atom is -0.325 e. The largest absolute Gasteiger partial charge is 0.325 e. The van der Waals surface area contributed by atoms with Gasteiger partial charge in [-0.15, -0.1) is 11.3 Å². The van der Waals surface area contributed by atoms with Crippen molar-refractivity contribution in [2.75, 3.05) is 18.9 Å². The lowest BCUT2D eigenvalue weighted by Gasteiger charge is -2.15. The van der Waals surface area contributed by atoms with Gasteiger partial charge in [-0.3, -0.25) is 9.69 Å². The third-order valence-corrected chi connectivity index (χ3v) is 3.74. The lowest BCUT2D eigenvalue weighted by molar-refractivity contribution is -0.117. The van der Waals surface area contributed by atoms with Crippen LogP contribution in [-0.2, 0) is 11.3 Å². The molecule has 0 saturated heterocycles. The van der Waals surface area contributed by atoms with Gasteiger partial charge in [0.25, 0.3) is 0 Å². The molecule has 0 aliphatic heterocycles. The highest BCUT2D eigenvalue weighted by Crippen LogP contribution is 2.14. The monoisotopic (exact) mass is 292 g/mol. The van der Waals surface area contributed by atoms with Gasteiger partial charge in [0.15, 0.2) is 0 Å². The van der Waals surface area contributed by atoms with Gasteiger partial charge in [-0.2, -0.15) is 0 Å². The van der Waals surface area contributed by atoms with Gasteiger partial charge in [0.1, 0.15) is 5.82 Å². The molecule has 1 aromatic carbocycles. The second-order valence-corrected chi connectivity index (χ2v) is 5.80. The van der Waals surface area contributed by atoms with E-state index in [1.54, 1.807) is 30.4 Å². The van der Waals surface area contributed by atoms with E-state index in [4.69, 9.17) is 0 Å². The van der Waals surface area contributed by atoms with Crippen LogP contribution >= 0.6 is 11.3 Å². The van der Waals surface area contributed by atoms with Crippen LogP contribution in [0.1, 0.15) is 10.4 Å². The third kappa shape index (κ3) is 4.15. The van der Waals surface area contributed by atoms with Crippen LogP contribution in [0.4, 0.5) is 10.1 Å². The van der Waals surface area contributed by atoms with E-state index in [1.165, 1.54) is 10.9 Å². The molecule has 20 heavy (non-hydrogen) atoms. The number of rotatable bonds is 5. The Morgan fingerprint density at radius 3 is 2.85 bits per heavy atom. The molecule has 0 aliphatic carbocycles. The molecule has 106 valence electrons. The van der Waals surface area contributed by atoms with Gasteiger partial charge in [0, 0.05) is 17.1 Å². The molecule has 2 aromatic rings. The van der Waals surface area contributed by atoms with Crippen LogP contribution in [0.5, 0.6) is 0 Å². The van der Waals surface area contributed by atoms with Crippen LogP contribution in [0.2, 0.25) is 0 Å². The van der Waals surface area contributed by atoms with Crippen molar-refractivity contribution in [2.24, 2.45) is 0 Å². The Kier molecular flexibility index (Phi) is 4.87. The Morgan fingerprint density at radius 1 is 1.40 bits per heavy atom. The predicted molar refractivity (Wildman–Crippen MR) is 80.4 cm³/mol. The van der Waals surface area contributed by atoms with E-state index >= 15 is 0 Å². The summed E-state index contributed by atoms with van der Waals surface area (Å²) in [6.45, 7) is 2.69. The summed E-state index contributed by atoms with van der Waals surface area (Å²) in [6, 6.07) is 8.72. The van der Waals surface area contributed by atoms with E-state index in [-0.39, 0.29) is 18.3 Å². The Hall–Kier alpha value is -1.72. The first-order valence-corrected chi connectivity index (χ1v) is 7.19. The molecule has 0 bridgehead atoms. The second kappa shape index (κ2) is 6.63. The molecule has 0 saturated carbocycles. The van der Waals surface area contributed by atoms with Gasteiger partial charge in [0.05, 0.1) is 6.54 Å². The molecule has 5 heteroatoms. The van der Waals surface area contributed by atoms with Crippen LogP contribution in [-0.4, -0.2) is 24.4 Å². The maximum Gasteiger partial charge on any atom is 0.238 e. The Morgan fingerprint density at radius 2 is 2.20 bits per heavy atom. The van der Waals surface area contributed by atoms with E-state index in [0.717, 1.165) is 6.54 Å². The summed E-state index contributed by atoms with van der Waals surface area (Å²) >= 11 is 1.66. The summed E-state index contributed by atoms with van der Waals surface area (Å²) in [4.78, 5) is 15.0. The molecule has 2 rings (SSSR count). The first-order valence-electron chi connectivity index (χ1n) is 6.31. The zero-order valence-corrected chi connectivity index (χ0v) is 12.3. The minimum absolute atomic E-state index is 0.146. The van der Waals surface area contributed by atoms with Crippen molar-refractivity contribution in [2.45, 2.75) is 13.5 Å². The molecule has 0 radical (unpaired) electrons. The lowest BCUT2D eigenvalue weighted by Crippen LogP contribution is -2.29. The first kappa shape index (κ1) is 14.7. The number of aryl methyl sites for hydroxylation is 1. The molecule has 0 aliphatic rings. The number of halogens is 1. The van der Waals surface area contributed by atoms with Crippen LogP contribution in [0, 0.1) is 12.7 Å². The summed E-state index contributed by atoms with van der Waals surface area (Å²) < 4.78 is 13.4. The molecule has 1 aromatic heterocycles. The molecule has 0 unspecified atom stereocenters. The van der Waals surface area contributed by atoms with E-state index in [1.807, 2.05) is 29.5 Å². The fraction of sp³-hybridized carbons (Fsp3) is 0.267. The molecule has 0 atom stereocenters. The minimum atomic E-state index is -0.310. The normalized spacial score (nSPS) is 10.8. The fourth-order valence-electron chi connectivity index (χ4n) is 1.84. The number of carbonyl (C=O) groups excluding carboxylic acids is 1. The zero-order valence-electron chi connectivity index (χ0n) is 11.5. The highest BCUT2D eigenvalue weighted by atomic mass is 32.1. The van der Waals surface area contributed by atoms with Gasteiger partial charge < -0.3 is 5.32 Å². The van der Waals surface area contributed by atoms with Gasteiger partial charge in [-0.05, 0) is 43.1 Å². The number of hydrogen-bond donors (Lipinski definition) is 1. The van der Waals surface area contributed by atoms with Crippen molar-refractivity contribution in [3.8, 4) is 0 Å². The van der Waals surface area contributed by atoms with Crippen molar-refractivity contribution in [1.29, 1.82) is 0 Å². The van der Waals surface area contributed by atoms with E-state index in [0.29, 0.717) is 11.3 Å². The molecular weight excluding hydrogens is 275 g/mol. The van der Waals surface area contributed by atoms with Gasteiger partial charge in [-0.25, -0.2) is 4.39 Å². The average molecular weight is 292 g/mol. The van der Waals surface area contributed by atoms with Crippen LogP contribution < -0.4 is 5.32 Å². The Balaban J connectivity index is 1.87. The average Bonchev–Trinajstić information content (AvgIpc) is 2.86. The molecule has 1 heterocycles. The molecule has 3 nitrogen and oxygen atoms in total. The molecule has 1 amide bonds. The quantitative estimate of drug-likeness (QED) is 0.917. The number of carbonyl (C=O) groups is 1. The summed E-state index contributed by atoms with van der Waals surface area (Å²) in [5.74, 6) is -0.456. The van der Waals surface area contributed by atoms with Crippen LogP contribution in [0.15, 0.2) is 35.7 Å². The molecule has 1 N–H and O–H groups in total. The molecule has 0 fully saturated rings. The van der Waals surface area contributed by atoms with Gasteiger partial charge >= 0.3 is 0 Å². The summed E-state index contributed by atoms with van der Waals surface area (Å²) in [6.07, 6.45) is 0. The number of likely N-dealkylation sites (N-methyl/N-ethyl adjacent to an activating group) is 1. The predicted octanol–water partition coefficient (Wildman–Crippen LogP) is 3.27. The highest BCUT2D eigenvalue weighted by molar-refractivity contribution is 7.09. The van der Waals surface area contributed by atoms with Crippen LogP contribution in [0.25, 0.3) is 0 Å². The number of anilines is 1. The summed E-state index contributed by atoms with van der Waals surface area (Å²) in [5, 5.41) is 4.72. The number of nitrogens with one attached hydrogen (secondary N) is 1. The highest BCUT2D eigenvalue weighted by Gasteiger charge is 2.09. The van der Waals surface area contributed by atoms with E-state index in [2.05, 4.69) is 5.32 Å². The van der Waals surface area contributed by atoms with Crippen molar-refractivity contribution >= 4 is 22.9 Å². The standard InChI is InChI=1S/C15H17FN2OS/c1-11-5-6-12(8-14(11)16)17-15(19)10-18(2)9-13-4-3-7-20-13/h3-8H,9-10H2,1-2H3,(H,17,19). The SMILES string of the molecule is Cc1ccc(NC(=O)CN(C)Cc2cccs2)cc1F. The zero-order chi connectivity index (χ0) is 14.5. The van der Waals surface area contributed by atoms with Crippen LogP contribution in [0.3, 0.4) is 0 Å². The first-order chi connectivity index (χ1) is 9.54. The van der Waals surface area contributed by atoms with Crippen molar-refractivity contribution in [1.82, 2.24) is 4.90 Å². The fourth-order valence-corrected chi connectivity index (χ4v) is 2.62. The lowest BCUT2D eigenvalue weighted by atomic mass is 10.2. The Bertz CT molecular complexity index is 584. The maximum absolute atomic E-state index is 13.4.